The van der Waals surface area contributed by atoms with Gasteiger partial charge in [0.15, 0.2) is 5.69 Å². The number of benzene rings is 1. The topological polar surface area (TPSA) is 79.8 Å². The van der Waals surface area contributed by atoms with Gasteiger partial charge in [-0.2, -0.15) is 0 Å². The number of amides is 1. The fourth-order valence-electron chi connectivity index (χ4n) is 2.30. The number of pyridine rings is 1. The number of aromatic nitrogens is 3. The first-order valence-electron chi connectivity index (χ1n) is 7.97. The molecule has 0 fully saturated rings. The lowest BCUT2D eigenvalue weighted by Gasteiger charge is -2.09. The van der Waals surface area contributed by atoms with Crippen molar-refractivity contribution in [3.05, 3.63) is 77.2 Å². The molecule has 6 nitrogen and oxygen atoms in total. The first-order valence-corrected chi connectivity index (χ1v) is 7.97. The first kappa shape index (κ1) is 16.6. The Morgan fingerprint density at radius 2 is 1.96 bits per heavy atom. The van der Waals surface area contributed by atoms with Gasteiger partial charge in [0.25, 0.3) is 5.91 Å². The van der Waals surface area contributed by atoms with Crippen LogP contribution < -0.4 is 10.6 Å². The normalized spacial score (nSPS) is 10.3. The molecule has 1 aromatic carbocycles. The van der Waals surface area contributed by atoms with Crippen molar-refractivity contribution in [3.63, 3.8) is 0 Å². The van der Waals surface area contributed by atoms with E-state index in [-0.39, 0.29) is 11.6 Å². The molecule has 0 aliphatic rings. The Bertz CT molecular complexity index is 863. The number of rotatable bonds is 5. The number of anilines is 2. The van der Waals surface area contributed by atoms with Crippen LogP contribution in [0.25, 0.3) is 0 Å². The highest BCUT2D eigenvalue weighted by atomic mass is 16.1. The molecule has 1 amide bonds. The highest BCUT2D eigenvalue weighted by Gasteiger charge is 2.10. The Morgan fingerprint density at radius 1 is 1.08 bits per heavy atom. The van der Waals surface area contributed by atoms with E-state index in [4.69, 9.17) is 0 Å². The average Bonchev–Trinajstić information content (AvgIpc) is 2.64. The molecule has 2 heterocycles. The summed E-state index contributed by atoms with van der Waals surface area (Å²) in [6.07, 6.45) is 3.51. The van der Waals surface area contributed by atoms with Crippen molar-refractivity contribution in [2.75, 3.05) is 10.6 Å². The van der Waals surface area contributed by atoms with Crippen molar-refractivity contribution < 1.29 is 4.79 Å². The molecular weight excluding hydrogens is 314 g/mol. The SMILES string of the molecule is Cc1ccc(C)c(NC(=O)c2ccc(NCc3cccnc3)nn2)c1. The molecule has 3 rings (SSSR count). The summed E-state index contributed by atoms with van der Waals surface area (Å²) >= 11 is 0. The summed E-state index contributed by atoms with van der Waals surface area (Å²) in [6, 6.07) is 13.2. The lowest BCUT2D eigenvalue weighted by atomic mass is 10.1. The number of carbonyl (C=O) groups excluding carboxylic acids is 1. The van der Waals surface area contributed by atoms with Crippen LogP contribution in [-0.4, -0.2) is 21.1 Å². The summed E-state index contributed by atoms with van der Waals surface area (Å²) in [5, 5.41) is 14.1. The molecule has 0 atom stereocenters. The smallest absolute Gasteiger partial charge is 0.276 e. The minimum absolute atomic E-state index is 0.271. The van der Waals surface area contributed by atoms with E-state index in [2.05, 4.69) is 25.8 Å². The van der Waals surface area contributed by atoms with E-state index in [1.807, 2.05) is 44.2 Å². The van der Waals surface area contributed by atoms with Gasteiger partial charge >= 0.3 is 0 Å². The number of carbonyl (C=O) groups is 1. The summed E-state index contributed by atoms with van der Waals surface area (Å²) in [4.78, 5) is 16.4. The molecule has 0 aliphatic carbocycles. The molecule has 0 unspecified atom stereocenters. The molecule has 0 radical (unpaired) electrons. The van der Waals surface area contributed by atoms with Gasteiger partial charge in [-0.1, -0.05) is 18.2 Å². The molecule has 126 valence electrons. The van der Waals surface area contributed by atoms with Crippen LogP contribution in [0, 0.1) is 13.8 Å². The highest BCUT2D eigenvalue weighted by Crippen LogP contribution is 2.17. The van der Waals surface area contributed by atoms with Crippen LogP contribution in [0.15, 0.2) is 54.9 Å². The van der Waals surface area contributed by atoms with Gasteiger partial charge in [0.05, 0.1) is 0 Å². The zero-order valence-corrected chi connectivity index (χ0v) is 14.2. The van der Waals surface area contributed by atoms with E-state index in [1.54, 1.807) is 24.5 Å². The maximum atomic E-state index is 12.3. The lowest BCUT2D eigenvalue weighted by molar-refractivity contribution is 0.102. The summed E-state index contributed by atoms with van der Waals surface area (Å²) in [6.45, 7) is 4.53. The number of hydrogen-bond donors (Lipinski definition) is 2. The average molecular weight is 333 g/mol. The van der Waals surface area contributed by atoms with Gasteiger partial charge in [-0.25, -0.2) is 0 Å². The predicted molar refractivity (Wildman–Crippen MR) is 97.5 cm³/mol. The number of nitrogens with one attached hydrogen (secondary N) is 2. The highest BCUT2D eigenvalue weighted by molar-refractivity contribution is 6.03. The van der Waals surface area contributed by atoms with Crippen molar-refractivity contribution >= 4 is 17.4 Å². The molecule has 0 aliphatic heterocycles. The zero-order chi connectivity index (χ0) is 17.6. The second-order valence-corrected chi connectivity index (χ2v) is 5.79. The number of aryl methyl sites for hydroxylation is 2. The Balaban J connectivity index is 1.63. The monoisotopic (exact) mass is 333 g/mol. The Labute approximate surface area is 146 Å². The molecule has 2 N–H and O–H groups in total. The van der Waals surface area contributed by atoms with Gasteiger partial charge in [0, 0.05) is 24.6 Å². The Morgan fingerprint density at radius 3 is 2.68 bits per heavy atom. The second-order valence-electron chi connectivity index (χ2n) is 5.79. The van der Waals surface area contributed by atoms with Crippen molar-refractivity contribution in [1.82, 2.24) is 15.2 Å². The van der Waals surface area contributed by atoms with Crippen LogP contribution in [0.1, 0.15) is 27.2 Å². The number of hydrogen-bond acceptors (Lipinski definition) is 5. The van der Waals surface area contributed by atoms with Crippen LogP contribution >= 0.6 is 0 Å². The molecule has 3 aromatic rings. The predicted octanol–water partition coefficient (Wildman–Crippen LogP) is 3.35. The molecule has 0 saturated heterocycles. The minimum atomic E-state index is -0.278. The van der Waals surface area contributed by atoms with Crippen molar-refractivity contribution in [3.8, 4) is 0 Å². The van der Waals surface area contributed by atoms with E-state index in [9.17, 15) is 4.79 Å². The number of nitrogens with zero attached hydrogens (tertiary/aromatic N) is 3. The van der Waals surface area contributed by atoms with Gasteiger partial charge in [0.1, 0.15) is 5.82 Å². The third kappa shape index (κ3) is 4.38. The first-order chi connectivity index (χ1) is 12.1. The minimum Gasteiger partial charge on any atom is -0.364 e. The van der Waals surface area contributed by atoms with Crippen LogP contribution in [0.2, 0.25) is 0 Å². The van der Waals surface area contributed by atoms with Gasteiger partial charge in [0.2, 0.25) is 0 Å². The van der Waals surface area contributed by atoms with Crippen molar-refractivity contribution in [2.45, 2.75) is 20.4 Å². The van der Waals surface area contributed by atoms with Crippen LogP contribution in [0.5, 0.6) is 0 Å². The third-order valence-corrected chi connectivity index (χ3v) is 3.73. The van der Waals surface area contributed by atoms with Crippen LogP contribution in [-0.2, 0) is 6.54 Å². The third-order valence-electron chi connectivity index (χ3n) is 3.73. The molecule has 0 saturated carbocycles. The van der Waals surface area contributed by atoms with E-state index in [0.717, 1.165) is 22.4 Å². The molecule has 0 bridgehead atoms. The zero-order valence-electron chi connectivity index (χ0n) is 14.2. The Kier molecular flexibility index (Phi) is 4.99. The van der Waals surface area contributed by atoms with Gasteiger partial charge in [-0.05, 0) is 54.8 Å². The molecular formula is C19H19N5O. The van der Waals surface area contributed by atoms with E-state index in [0.29, 0.717) is 12.4 Å². The Hall–Kier alpha value is -3.28. The fraction of sp³-hybridized carbons (Fsp3) is 0.158. The van der Waals surface area contributed by atoms with E-state index in [1.165, 1.54) is 0 Å². The maximum Gasteiger partial charge on any atom is 0.276 e. The lowest BCUT2D eigenvalue weighted by Crippen LogP contribution is -2.15. The summed E-state index contributed by atoms with van der Waals surface area (Å²) < 4.78 is 0. The van der Waals surface area contributed by atoms with Crippen LogP contribution in [0.4, 0.5) is 11.5 Å². The summed E-state index contributed by atoms with van der Waals surface area (Å²) in [5.41, 5.74) is 4.18. The standard InChI is InChI=1S/C19H19N5O/c1-13-5-6-14(2)17(10-13)22-19(25)16-7-8-18(24-23-16)21-12-15-4-3-9-20-11-15/h3-11H,12H2,1-2H3,(H,21,24)(H,22,25). The summed E-state index contributed by atoms with van der Waals surface area (Å²) in [5.74, 6) is 0.326. The summed E-state index contributed by atoms with van der Waals surface area (Å²) in [7, 11) is 0. The van der Waals surface area contributed by atoms with Crippen LogP contribution in [0.3, 0.4) is 0 Å². The van der Waals surface area contributed by atoms with E-state index < -0.39 is 0 Å². The van der Waals surface area contributed by atoms with Gasteiger partial charge in [-0.15, -0.1) is 10.2 Å². The van der Waals surface area contributed by atoms with Crippen molar-refractivity contribution in [2.24, 2.45) is 0 Å². The molecule has 6 heteroatoms. The van der Waals surface area contributed by atoms with Gasteiger partial charge in [-0.3, -0.25) is 9.78 Å². The fourth-order valence-corrected chi connectivity index (χ4v) is 2.30. The molecule has 2 aromatic heterocycles. The van der Waals surface area contributed by atoms with Crippen molar-refractivity contribution in [1.29, 1.82) is 0 Å². The molecule has 25 heavy (non-hydrogen) atoms. The second kappa shape index (κ2) is 7.53. The van der Waals surface area contributed by atoms with E-state index >= 15 is 0 Å². The van der Waals surface area contributed by atoms with Gasteiger partial charge < -0.3 is 10.6 Å². The largest absolute Gasteiger partial charge is 0.364 e. The maximum absolute atomic E-state index is 12.3. The quantitative estimate of drug-likeness (QED) is 0.748. The molecule has 0 spiro atoms.